The van der Waals surface area contributed by atoms with Crippen molar-refractivity contribution in [3.8, 4) is 5.75 Å². The Labute approximate surface area is 151 Å². The van der Waals surface area contributed by atoms with Crippen LogP contribution in [0.3, 0.4) is 0 Å². The normalized spacial score (nSPS) is 12.0. The average molecular weight is 362 g/mol. The van der Waals surface area contributed by atoms with Gasteiger partial charge in [0.25, 0.3) is 0 Å². The molecule has 1 N–H and O–H groups in total. The zero-order valence-corrected chi connectivity index (χ0v) is 14.6. The number of hydrogen-bond acceptors (Lipinski definition) is 3. The third-order valence-corrected chi connectivity index (χ3v) is 4.23. The second-order valence-electron chi connectivity index (χ2n) is 5.31. The number of imidazole rings is 1. The third-order valence-electron chi connectivity index (χ3n) is 3.67. The minimum atomic E-state index is -0.260. The van der Waals surface area contributed by atoms with Gasteiger partial charge in [-0.1, -0.05) is 29.3 Å². The molecule has 0 radical (unpaired) electrons. The molecule has 24 heavy (non-hydrogen) atoms. The Morgan fingerprint density at radius 3 is 2.58 bits per heavy atom. The standard InChI is InChI=1S/C18H17Cl2N3O/c1-21-14-3-5-15(6-4-14)24-18(11-23-9-8-22-12-23)16-7-2-13(19)10-17(16)20/h2-10,12,18,21H,11H2,1H3. The number of nitrogens with one attached hydrogen (secondary N) is 1. The molecule has 0 bridgehead atoms. The van der Waals surface area contributed by atoms with Crippen LogP contribution in [0, 0.1) is 0 Å². The topological polar surface area (TPSA) is 39.1 Å². The van der Waals surface area contributed by atoms with Crippen molar-refractivity contribution in [1.82, 2.24) is 9.55 Å². The highest BCUT2D eigenvalue weighted by atomic mass is 35.5. The summed E-state index contributed by atoms with van der Waals surface area (Å²) in [5, 5.41) is 4.27. The minimum Gasteiger partial charge on any atom is -0.484 e. The van der Waals surface area contributed by atoms with E-state index in [9.17, 15) is 0 Å². The molecule has 2 aromatic carbocycles. The van der Waals surface area contributed by atoms with Gasteiger partial charge in [-0.15, -0.1) is 0 Å². The quantitative estimate of drug-likeness (QED) is 0.667. The summed E-state index contributed by atoms with van der Waals surface area (Å²) in [5.74, 6) is 0.769. The molecule has 1 atom stereocenters. The highest BCUT2D eigenvalue weighted by molar-refractivity contribution is 6.35. The first-order chi connectivity index (χ1) is 11.7. The molecule has 3 rings (SSSR count). The van der Waals surface area contributed by atoms with Gasteiger partial charge in [-0.3, -0.25) is 0 Å². The summed E-state index contributed by atoms with van der Waals surface area (Å²) in [7, 11) is 1.88. The fourth-order valence-electron chi connectivity index (χ4n) is 2.41. The maximum atomic E-state index is 6.38. The zero-order valence-electron chi connectivity index (χ0n) is 13.1. The molecule has 0 saturated heterocycles. The summed E-state index contributed by atoms with van der Waals surface area (Å²) in [6, 6.07) is 13.2. The lowest BCUT2D eigenvalue weighted by atomic mass is 10.1. The summed E-state index contributed by atoms with van der Waals surface area (Å²) in [4.78, 5) is 4.08. The van der Waals surface area contributed by atoms with Gasteiger partial charge >= 0.3 is 0 Å². The highest BCUT2D eigenvalue weighted by Crippen LogP contribution is 2.31. The van der Waals surface area contributed by atoms with Gasteiger partial charge in [-0.05, 0) is 36.4 Å². The Morgan fingerprint density at radius 1 is 1.17 bits per heavy atom. The van der Waals surface area contributed by atoms with Crippen molar-refractivity contribution in [3.05, 3.63) is 76.8 Å². The maximum absolute atomic E-state index is 6.38. The predicted octanol–water partition coefficient (Wildman–Crippen LogP) is 5.05. The van der Waals surface area contributed by atoms with Gasteiger partial charge in [0.1, 0.15) is 11.9 Å². The average Bonchev–Trinajstić information content (AvgIpc) is 3.08. The lowest BCUT2D eigenvalue weighted by Gasteiger charge is -2.21. The minimum absolute atomic E-state index is 0.260. The summed E-state index contributed by atoms with van der Waals surface area (Å²) in [6.45, 7) is 0.592. The molecular weight excluding hydrogens is 345 g/mol. The van der Waals surface area contributed by atoms with E-state index in [4.69, 9.17) is 27.9 Å². The van der Waals surface area contributed by atoms with E-state index in [1.807, 2.05) is 54.2 Å². The van der Waals surface area contributed by atoms with Crippen molar-refractivity contribution >= 4 is 28.9 Å². The monoisotopic (exact) mass is 361 g/mol. The van der Waals surface area contributed by atoms with E-state index in [0.29, 0.717) is 16.6 Å². The second-order valence-corrected chi connectivity index (χ2v) is 6.15. The lowest BCUT2D eigenvalue weighted by molar-refractivity contribution is 0.183. The van der Waals surface area contributed by atoms with Crippen LogP contribution in [0.2, 0.25) is 10.0 Å². The number of halogens is 2. The van der Waals surface area contributed by atoms with E-state index in [0.717, 1.165) is 17.0 Å². The van der Waals surface area contributed by atoms with E-state index in [-0.39, 0.29) is 6.10 Å². The van der Waals surface area contributed by atoms with E-state index in [1.54, 1.807) is 18.6 Å². The number of hydrogen-bond donors (Lipinski definition) is 1. The second kappa shape index (κ2) is 7.60. The van der Waals surface area contributed by atoms with Crippen LogP contribution in [-0.2, 0) is 6.54 Å². The van der Waals surface area contributed by atoms with Crippen molar-refractivity contribution < 1.29 is 4.74 Å². The van der Waals surface area contributed by atoms with Crippen LogP contribution in [0.15, 0.2) is 61.2 Å². The number of rotatable bonds is 6. The van der Waals surface area contributed by atoms with Gasteiger partial charge in [0, 0.05) is 40.7 Å². The SMILES string of the molecule is CNc1ccc(OC(Cn2ccnc2)c2ccc(Cl)cc2Cl)cc1. The number of ether oxygens (including phenoxy) is 1. The Morgan fingerprint density at radius 2 is 1.96 bits per heavy atom. The molecule has 1 aromatic heterocycles. The van der Waals surface area contributed by atoms with Gasteiger partial charge in [0.2, 0.25) is 0 Å². The van der Waals surface area contributed by atoms with Crippen LogP contribution in [0.25, 0.3) is 0 Å². The fraction of sp³-hybridized carbons (Fsp3) is 0.167. The number of nitrogens with zero attached hydrogens (tertiary/aromatic N) is 2. The maximum Gasteiger partial charge on any atom is 0.143 e. The molecule has 0 spiro atoms. The molecule has 0 saturated carbocycles. The van der Waals surface area contributed by atoms with Crippen molar-refractivity contribution in [2.45, 2.75) is 12.6 Å². The van der Waals surface area contributed by atoms with Crippen LogP contribution in [0.1, 0.15) is 11.7 Å². The molecule has 124 valence electrons. The molecule has 3 aromatic rings. The summed E-state index contributed by atoms with van der Waals surface area (Å²) in [5.41, 5.74) is 1.91. The zero-order chi connectivity index (χ0) is 16.9. The Bertz CT molecular complexity index is 789. The molecule has 0 aliphatic rings. The molecule has 0 aliphatic heterocycles. The van der Waals surface area contributed by atoms with Crippen LogP contribution in [0.5, 0.6) is 5.75 Å². The van der Waals surface area contributed by atoms with Gasteiger partial charge in [0.15, 0.2) is 0 Å². The van der Waals surface area contributed by atoms with Gasteiger partial charge in [0.05, 0.1) is 12.9 Å². The van der Waals surface area contributed by atoms with Gasteiger partial charge in [-0.2, -0.15) is 0 Å². The first-order valence-electron chi connectivity index (χ1n) is 7.51. The molecule has 6 heteroatoms. The molecule has 0 aliphatic carbocycles. The summed E-state index contributed by atoms with van der Waals surface area (Å²) >= 11 is 12.4. The third kappa shape index (κ3) is 4.02. The van der Waals surface area contributed by atoms with E-state index in [1.165, 1.54) is 0 Å². The van der Waals surface area contributed by atoms with Crippen molar-refractivity contribution in [2.24, 2.45) is 0 Å². The number of anilines is 1. The first kappa shape index (κ1) is 16.7. The van der Waals surface area contributed by atoms with Gasteiger partial charge in [-0.25, -0.2) is 4.98 Å². The Hall–Kier alpha value is -2.17. The van der Waals surface area contributed by atoms with Crippen LogP contribution in [-0.4, -0.2) is 16.6 Å². The summed E-state index contributed by atoms with van der Waals surface area (Å²) < 4.78 is 8.15. The van der Waals surface area contributed by atoms with E-state index < -0.39 is 0 Å². The molecule has 1 heterocycles. The first-order valence-corrected chi connectivity index (χ1v) is 8.26. The van der Waals surface area contributed by atoms with Crippen LogP contribution < -0.4 is 10.1 Å². The van der Waals surface area contributed by atoms with Crippen LogP contribution >= 0.6 is 23.2 Å². The number of benzene rings is 2. The van der Waals surface area contributed by atoms with Gasteiger partial charge < -0.3 is 14.6 Å². The van der Waals surface area contributed by atoms with Crippen LogP contribution in [0.4, 0.5) is 5.69 Å². The van der Waals surface area contributed by atoms with Crippen molar-refractivity contribution in [1.29, 1.82) is 0 Å². The molecule has 0 fully saturated rings. The van der Waals surface area contributed by atoms with E-state index >= 15 is 0 Å². The smallest absolute Gasteiger partial charge is 0.143 e. The molecule has 4 nitrogen and oxygen atoms in total. The Balaban J connectivity index is 1.88. The predicted molar refractivity (Wildman–Crippen MR) is 98.0 cm³/mol. The lowest BCUT2D eigenvalue weighted by Crippen LogP contribution is -2.15. The molecule has 0 amide bonds. The van der Waals surface area contributed by atoms with E-state index in [2.05, 4.69) is 10.3 Å². The molecular formula is C18H17Cl2N3O. The van der Waals surface area contributed by atoms with Crippen molar-refractivity contribution in [3.63, 3.8) is 0 Å². The highest BCUT2D eigenvalue weighted by Gasteiger charge is 2.18. The molecule has 1 unspecified atom stereocenters. The summed E-state index contributed by atoms with van der Waals surface area (Å²) in [6.07, 6.45) is 5.13. The largest absolute Gasteiger partial charge is 0.484 e. The Kier molecular flexibility index (Phi) is 5.28. The fourth-order valence-corrected chi connectivity index (χ4v) is 2.94. The van der Waals surface area contributed by atoms with Crippen molar-refractivity contribution in [2.75, 3.05) is 12.4 Å². The number of aromatic nitrogens is 2.